The quantitative estimate of drug-likeness (QED) is 0.465. The van der Waals surface area contributed by atoms with Crippen molar-refractivity contribution in [3.63, 3.8) is 0 Å². The molecule has 21 heavy (non-hydrogen) atoms. The fourth-order valence-electron chi connectivity index (χ4n) is 1.99. The molecule has 0 saturated heterocycles. The fourth-order valence-corrected chi connectivity index (χ4v) is 2.48. The van der Waals surface area contributed by atoms with Gasteiger partial charge >= 0.3 is 0 Å². The van der Waals surface area contributed by atoms with E-state index in [1.54, 1.807) is 7.11 Å². The molecule has 1 rings (SSSR count). The lowest BCUT2D eigenvalue weighted by atomic mass is 9.94. The Morgan fingerprint density at radius 2 is 1.67 bits per heavy atom. The van der Waals surface area contributed by atoms with Crippen LogP contribution in [-0.2, 0) is 19.8 Å². The molecule has 0 aromatic heterocycles. The summed E-state index contributed by atoms with van der Waals surface area (Å²) in [5, 5.41) is 0.749. The Balaban J connectivity index is 2.54. The van der Waals surface area contributed by atoms with E-state index in [2.05, 4.69) is 61.0 Å². The minimum absolute atomic E-state index is 0.333. The van der Waals surface area contributed by atoms with Crippen molar-refractivity contribution >= 4 is 15.9 Å². The van der Waals surface area contributed by atoms with Crippen molar-refractivity contribution in [1.29, 1.82) is 0 Å². The van der Waals surface area contributed by atoms with Gasteiger partial charge in [-0.15, -0.1) is 0 Å². The number of methoxy groups -OCH3 is 1. The zero-order valence-corrected chi connectivity index (χ0v) is 15.1. The second kappa shape index (κ2) is 9.57. The van der Waals surface area contributed by atoms with Gasteiger partial charge in [0.25, 0.3) is 0 Å². The van der Waals surface area contributed by atoms with Gasteiger partial charge in [0.05, 0.1) is 26.4 Å². The monoisotopic (exact) mass is 358 g/mol. The van der Waals surface area contributed by atoms with Gasteiger partial charge in [0, 0.05) is 12.4 Å². The van der Waals surface area contributed by atoms with Crippen LogP contribution in [0.3, 0.4) is 0 Å². The molecule has 1 aromatic carbocycles. The van der Waals surface area contributed by atoms with E-state index >= 15 is 0 Å². The van der Waals surface area contributed by atoms with Crippen molar-refractivity contribution < 1.29 is 14.2 Å². The van der Waals surface area contributed by atoms with Crippen molar-refractivity contribution in [1.82, 2.24) is 0 Å². The molecule has 0 spiro atoms. The van der Waals surface area contributed by atoms with Gasteiger partial charge in [-0.2, -0.15) is 0 Å². The third kappa shape index (κ3) is 6.07. The standard InChI is InChI=1S/C17H27BrO3/c1-14(2)15-5-7-16(8-6-15)17(3,13-18)21-12-11-20-10-9-19-4/h5-8,14H,9-13H2,1-4H3. The number of rotatable bonds is 10. The van der Waals surface area contributed by atoms with Gasteiger partial charge in [-0.05, 0) is 24.0 Å². The summed E-state index contributed by atoms with van der Waals surface area (Å²) in [4.78, 5) is 0. The van der Waals surface area contributed by atoms with Gasteiger partial charge in [-0.3, -0.25) is 0 Å². The Hall–Kier alpha value is -0.420. The van der Waals surface area contributed by atoms with Crippen LogP contribution in [0.1, 0.15) is 37.8 Å². The first kappa shape index (κ1) is 18.6. The van der Waals surface area contributed by atoms with Crippen molar-refractivity contribution in [2.75, 3.05) is 38.9 Å². The molecule has 1 unspecified atom stereocenters. The summed E-state index contributed by atoms with van der Waals surface area (Å²) in [5.41, 5.74) is 2.19. The zero-order chi connectivity index (χ0) is 15.7. The molecule has 0 radical (unpaired) electrons. The number of benzene rings is 1. The second-order valence-electron chi connectivity index (χ2n) is 5.59. The predicted molar refractivity (Wildman–Crippen MR) is 90.3 cm³/mol. The SMILES string of the molecule is COCCOCCOC(C)(CBr)c1ccc(C(C)C)cc1. The smallest absolute Gasteiger partial charge is 0.100 e. The molecule has 0 amide bonds. The molecule has 0 aliphatic heterocycles. The average Bonchev–Trinajstić information content (AvgIpc) is 2.50. The van der Waals surface area contributed by atoms with E-state index in [1.165, 1.54) is 11.1 Å². The van der Waals surface area contributed by atoms with E-state index < -0.39 is 0 Å². The third-order valence-corrected chi connectivity index (χ3v) is 4.59. The molecule has 4 heteroatoms. The Morgan fingerprint density at radius 3 is 2.19 bits per heavy atom. The Labute approximate surface area is 137 Å². The first-order valence-corrected chi connectivity index (χ1v) is 8.52. The molecular weight excluding hydrogens is 332 g/mol. The highest BCUT2D eigenvalue weighted by Crippen LogP contribution is 2.28. The van der Waals surface area contributed by atoms with Gasteiger partial charge < -0.3 is 14.2 Å². The summed E-state index contributed by atoms with van der Waals surface area (Å²) in [6.07, 6.45) is 0. The molecule has 0 N–H and O–H groups in total. The number of alkyl halides is 1. The van der Waals surface area contributed by atoms with Gasteiger partial charge in [0.2, 0.25) is 0 Å². The van der Waals surface area contributed by atoms with Crippen LogP contribution in [0.5, 0.6) is 0 Å². The van der Waals surface area contributed by atoms with Gasteiger partial charge in [0.15, 0.2) is 0 Å². The van der Waals surface area contributed by atoms with Crippen molar-refractivity contribution in [2.45, 2.75) is 32.3 Å². The summed E-state index contributed by atoms with van der Waals surface area (Å²) in [6, 6.07) is 8.67. The van der Waals surface area contributed by atoms with Gasteiger partial charge in [0.1, 0.15) is 5.60 Å². The minimum Gasteiger partial charge on any atom is -0.382 e. The van der Waals surface area contributed by atoms with Gasteiger partial charge in [-0.1, -0.05) is 54.0 Å². The number of ether oxygens (including phenoxy) is 3. The topological polar surface area (TPSA) is 27.7 Å². The zero-order valence-electron chi connectivity index (χ0n) is 13.5. The van der Waals surface area contributed by atoms with Crippen LogP contribution in [0, 0.1) is 0 Å². The number of hydrogen-bond donors (Lipinski definition) is 0. The third-order valence-electron chi connectivity index (χ3n) is 3.52. The fraction of sp³-hybridized carbons (Fsp3) is 0.647. The minimum atomic E-state index is -0.333. The molecule has 120 valence electrons. The van der Waals surface area contributed by atoms with Crippen LogP contribution in [-0.4, -0.2) is 38.9 Å². The first-order valence-electron chi connectivity index (χ1n) is 7.40. The molecule has 0 aliphatic rings. The highest BCUT2D eigenvalue weighted by atomic mass is 79.9. The lowest BCUT2D eigenvalue weighted by molar-refractivity contribution is -0.0504. The van der Waals surface area contributed by atoms with Crippen molar-refractivity contribution in [3.05, 3.63) is 35.4 Å². The number of halogens is 1. The molecular formula is C17H27BrO3. The van der Waals surface area contributed by atoms with Crippen LogP contribution >= 0.6 is 15.9 Å². The van der Waals surface area contributed by atoms with Crippen molar-refractivity contribution in [2.24, 2.45) is 0 Å². The Morgan fingerprint density at radius 1 is 1.05 bits per heavy atom. The largest absolute Gasteiger partial charge is 0.382 e. The Kier molecular flexibility index (Phi) is 8.49. The van der Waals surface area contributed by atoms with Crippen LogP contribution in [0.25, 0.3) is 0 Å². The lowest BCUT2D eigenvalue weighted by Gasteiger charge is -2.29. The highest BCUT2D eigenvalue weighted by Gasteiger charge is 2.26. The maximum atomic E-state index is 6.03. The van der Waals surface area contributed by atoms with E-state index in [4.69, 9.17) is 14.2 Å². The molecule has 3 nitrogen and oxygen atoms in total. The first-order chi connectivity index (χ1) is 10.0. The normalized spacial score (nSPS) is 14.4. The molecule has 0 fully saturated rings. The maximum Gasteiger partial charge on any atom is 0.100 e. The van der Waals surface area contributed by atoms with E-state index in [9.17, 15) is 0 Å². The number of hydrogen-bond acceptors (Lipinski definition) is 3. The van der Waals surface area contributed by atoms with E-state index in [0.29, 0.717) is 32.3 Å². The molecule has 0 saturated carbocycles. The molecule has 0 aliphatic carbocycles. The van der Waals surface area contributed by atoms with Crippen LogP contribution in [0.2, 0.25) is 0 Å². The molecule has 0 heterocycles. The summed E-state index contributed by atoms with van der Waals surface area (Å²) in [6.45, 7) is 8.87. The molecule has 0 bridgehead atoms. The van der Waals surface area contributed by atoms with E-state index in [1.807, 2.05) is 0 Å². The van der Waals surface area contributed by atoms with Crippen LogP contribution in [0.15, 0.2) is 24.3 Å². The summed E-state index contributed by atoms with van der Waals surface area (Å²) < 4.78 is 16.4. The van der Waals surface area contributed by atoms with Crippen LogP contribution in [0.4, 0.5) is 0 Å². The summed E-state index contributed by atoms with van der Waals surface area (Å²) >= 11 is 3.56. The van der Waals surface area contributed by atoms with Gasteiger partial charge in [-0.25, -0.2) is 0 Å². The Bertz CT molecular complexity index is 392. The summed E-state index contributed by atoms with van der Waals surface area (Å²) in [7, 11) is 1.67. The van der Waals surface area contributed by atoms with E-state index in [0.717, 1.165) is 5.33 Å². The second-order valence-corrected chi connectivity index (χ2v) is 6.16. The van der Waals surface area contributed by atoms with Crippen LogP contribution < -0.4 is 0 Å². The lowest BCUT2D eigenvalue weighted by Crippen LogP contribution is -2.29. The molecule has 1 atom stereocenters. The molecule has 1 aromatic rings. The van der Waals surface area contributed by atoms with Crippen molar-refractivity contribution in [3.8, 4) is 0 Å². The maximum absolute atomic E-state index is 6.03. The predicted octanol–water partition coefficient (Wildman–Crippen LogP) is 4.10. The highest BCUT2D eigenvalue weighted by molar-refractivity contribution is 9.09. The average molecular weight is 359 g/mol. The summed E-state index contributed by atoms with van der Waals surface area (Å²) in [5.74, 6) is 0.546. The van der Waals surface area contributed by atoms with E-state index in [-0.39, 0.29) is 5.60 Å².